The Bertz CT molecular complexity index is 1070. The summed E-state index contributed by atoms with van der Waals surface area (Å²) in [4.78, 5) is 37.9. The Morgan fingerprint density at radius 3 is 2.23 bits per heavy atom. The van der Waals surface area contributed by atoms with E-state index in [1.54, 1.807) is 11.0 Å². The molecule has 0 bridgehead atoms. The van der Waals surface area contributed by atoms with E-state index in [2.05, 4.69) is 29.6 Å². The summed E-state index contributed by atoms with van der Waals surface area (Å²) in [5.74, 6) is -1.12. The summed E-state index contributed by atoms with van der Waals surface area (Å²) >= 11 is 0. The van der Waals surface area contributed by atoms with Crippen LogP contribution in [-0.4, -0.2) is 67.9 Å². The van der Waals surface area contributed by atoms with E-state index in [4.69, 9.17) is 9.47 Å². The second-order valence-corrected chi connectivity index (χ2v) is 8.95. The molecule has 0 atom stereocenters. The summed E-state index contributed by atoms with van der Waals surface area (Å²) in [7, 11) is 1.48. The lowest BCUT2D eigenvalue weighted by molar-refractivity contribution is -0.157. The molecule has 0 radical (unpaired) electrons. The Morgan fingerprint density at radius 2 is 1.66 bits per heavy atom. The molecule has 1 aliphatic carbocycles. The van der Waals surface area contributed by atoms with Crippen LogP contribution in [0.4, 0.5) is 4.79 Å². The zero-order chi connectivity index (χ0) is 24.8. The molecule has 1 saturated heterocycles. The lowest BCUT2D eigenvalue weighted by Gasteiger charge is -2.38. The fraction of sp³-hybridized carbons (Fsp3) is 0.370. The van der Waals surface area contributed by atoms with Gasteiger partial charge in [0.25, 0.3) is 0 Å². The summed E-state index contributed by atoms with van der Waals surface area (Å²) in [5, 5.41) is 12.2. The Hall–Kier alpha value is -3.65. The van der Waals surface area contributed by atoms with Crippen molar-refractivity contribution in [1.29, 1.82) is 0 Å². The van der Waals surface area contributed by atoms with E-state index < -0.39 is 17.5 Å². The van der Waals surface area contributed by atoms with Crippen molar-refractivity contribution in [2.45, 2.75) is 18.8 Å². The number of alkyl carbamates (subject to hydrolysis) is 1. The van der Waals surface area contributed by atoms with Crippen molar-refractivity contribution in [1.82, 2.24) is 10.2 Å². The molecule has 2 aromatic carbocycles. The van der Waals surface area contributed by atoms with Crippen LogP contribution in [0.5, 0.6) is 0 Å². The van der Waals surface area contributed by atoms with Crippen molar-refractivity contribution in [2.24, 2.45) is 5.41 Å². The molecule has 2 N–H and O–H groups in total. The molecule has 2 aromatic rings. The van der Waals surface area contributed by atoms with Gasteiger partial charge in [-0.15, -0.1) is 0 Å². The van der Waals surface area contributed by atoms with Crippen LogP contribution in [0, 0.1) is 5.41 Å². The summed E-state index contributed by atoms with van der Waals surface area (Å²) in [5.41, 5.74) is 3.68. The second kappa shape index (κ2) is 10.7. The largest absolute Gasteiger partial charge is 0.481 e. The van der Waals surface area contributed by atoms with Crippen LogP contribution in [0.15, 0.2) is 60.7 Å². The van der Waals surface area contributed by atoms with E-state index in [1.165, 1.54) is 24.3 Å². The zero-order valence-corrected chi connectivity index (χ0v) is 19.7. The van der Waals surface area contributed by atoms with Gasteiger partial charge in [0, 0.05) is 38.7 Å². The van der Waals surface area contributed by atoms with Gasteiger partial charge in [-0.1, -0.05) is 54.6 Å². The first kappa shape index (κ1) is 24.5. The van der Waals surface area contributed by atoms with E-state index in [0.717, 1.165) is 11.1 Å². The van der Waals surface area contributed by atoms with E-state index in [-0.39, 0.29) is 31.6 Å². The maximum absolute atomic E-state index is 12.4. The van der Waals surface area contributed by atoms with Crippen LogP contribution >= 0.6 is 0 Å². The van der Waals surface area contributed by atoms with Crippen molar-refractivity contribution in [3.8, 4) is 11.1 Å². The van der Waals surface area contributed by atoms with Gasteiger partial charge in [0.05, 0.1) is 12.0 Å². The first-order chi connectivity index (χ1) is 16.9. The van der Waals surface area contributed by atoms with Crippen molar-refractivity contribution in [3.63, 3.8) is 0 Å². The monoisotopic (exact) mass is 478 g/mol. The molecule has 1 heterocycles. The normalized spacial score (nSPS) is 16.5. The Kier molecular flexibility index (Phi) is 7.51. The van der Waals surface area contributed by atoms with Crippen LogP contribution in [0.25, 0.3) is 11.1 Å². The molecule has 8 heteroatoms. The van der Waals surface area contributed by atoms with Gasteiger partial charge in [-0.05, 0) is 35.1 Å². The number of carbonyl (C=O) groups excluding carboxylic acids is 2. The fourth-order valence-corrected chi connectivity index (χ4v) is 4.91. The number of carboxylic acids is 1. The minimum absolute atomic E-state index is 0.0135. The number of nitrogens with zero attached hydrogens (tertiary/aromatic N) is 1. The molecular weight excluding hydrogens is 448 g/mol. The Labute approximate surface area is 204 Å². The number of hydrogen-bond acceptors (Lipinski definition) is 5. The zero-order valence-electron chi connectivity index (χ0n) is 19.7. The topological polar surface area (TPSA) is 105 Å². The van der Waals surface area contributed by atoms with E-state index in [1.807, 2.05) is 24.3 Å². The number of rotatable bonds is 8. The molecule has 2 amide bonds. The molecule has 1 aliphatic heterocycles. The van der Waals surface area contributed by atoms with Crippen LogP contribution in [0.2, 0.25) is 0 Å². The highest BCUT2D eigenvalue weighted by molar-refractivity contribution is 5.88. The third-order valence-corrected chi connectivity index (χ3v) is 6.87. The van der Waals surface area contributed by atoms with Crippen molar-refractivity contribution in [3.05, 3.63) is 71.8 Å². The molecule has 0 spiro atoms. The average molecular weight is 479 g/mol. The van der Waals surface area contributed by atoms with Crippen LogP contribution in [0.1, 0.15) is 29.9 Å². The smallest absolute Gasteiger partial charge is 0.407 e. The summed E-state index contributed by atoms with van der Waals surface area (Å²) in [6.45, 7) is 1.20. The number of fused-ring (bicyclic) bond motifs is 3. The van der Waals surface area contributed by atoms with Crippen LogP contribution < -0.4 is 5.32 Å². The van der Waals surface area contributed by atoms with E-state index in [9.17, 15) is 19.5 Å². The standard InChI is InChI=1S/C27H30N2O6/c1-34-18-27(25(31)32)12-15-29(16-13-27)24(30)11-6-14-28-26(33)35-17-23-21-9-4-2-7-19(21)20-8-3-5-10-22(20)23/h2-11,23H,12-18H2,1H3,(H,28,33)(H,31,32)/b11-6+. The molecule has 2 aliphatic rings. The lowest BCUT2D eigenvalue weighted by Crippen LogP contribution is -2.48. The minimum Gasteiger partial charge on any atom is -0.481 e. The average Bonchev–Trinajstić information content (AvgIpc) is 3.19. The maximum Gasteiger partial charge on any atom is 0.407 e. The molecule has 35 heavy (non-hydrogen) atoms. The van der Waals surface area contributed by atoms with Gasteiger partial charge in [-0.25, -0.2) is 4.79 Å². The summed E-state index contributed by atoms with van der Waals surface area (Å²) in [6.07, 6.45) is 3.10. The Balaban J connectivity index is 1.23. The van der Waals surface area contributed by atoms with E-state index in [0.29, 0.717) is 25.9 Å². The number of benzene rings is 2. The van der Waals surface area contributed by atoms with Crippen molar-refractivity contribution in [2.75, 3.05) is 40.0 Å². The molecule has 8 nitrogen and oxygen atoms in total. The SMILES string of the molecule is COCC1(C(=O)O)CCN(C(=O)/C=C/CNC(=O)OCC2c3ccccc3-c3ccccc32)CC1. The van der Waals surface area contributed by atoms with Crippen LogP contribution in [0.3, 0.4) is 0 Å². The Morgan fingerprint density at radius 1 is 1.06 bits per heavy atom. The van der Waals surface area contributed by atoms with Gasteiger partial charge in [0.1, 0.15) is 6.61 Å². The van der Waals surface area contributed by atoms with Gasteiger partial charge in [0.15, 0.2) is 0 Å². The maximum atomic E-state index is 12.4. The van der Waals surface area contributed by atoms with Gasteiger partial charge < -0.3 is 24.8 Å². The highest BCUT2D eigenvalue weighted by atomic mass is 16.5. The number of carbonyl (C=O) groups is 3. The molecule has 0 saturated carbocycles. The first-order valence-corrected chi connectivity index (χ1v) is 11.7. The first-order valence-electron chi connectivity index (χ1n) is 11.7. The minimum atomic E-state index is -0.944. The number of amides is 2. The predicted octanol–water partition coefficient (Wildman–Crippen LogP) is 3.42. The predicted molar refractivity (Wildman–Crippen MR) is 130 cm³/mol. The number of hydrogen-bond donors (Lipinski definition) is 2. The molecule has 4 rings (SSSR count). The molecular formula is C27H30N2O6. The third-order valence-electron chi connectivity index (χ3n) is 6.87. The fourth-order valence-electron chi connectivity index (χ4n) is 4.91. The quantitative estimate of drug-likeness (QED) is 0.564. The van der Waals surface area contributed by atoms with Gasteiger partial charge in [-0.3, -0.25) is 9.59 Å². The van der Waals surface area contributed by atoms with Gasteiger partial charge >= 0.3 is 12.1 Å². The molecule has 0 aromatic heterocycles. The summed E-state index contributed by atoms with van der Waals surface area (Å²) in [6, 6.07) is 16.3. The molecule has 184 valence electrons. The number of nitrogens with one attached hydrogen (secondary N) is 1. The second-order valence-electron chi connectivity index (χ2n) is 8.95. The van der Waals surface area contributed by atoms with Crippen molar-refractivity contribution >= 4 is 18.0 Å². The van der Waals surface area contributed by atoms with Gasteiger partial charge in [0.2, 0.25) is 5.91 Å². The molecule has 0 unspecified atom stereocenters. The number of carboxylic acid groups (broad SMARTS) is 1. The number of methoxy groups -OCH3 is 1. The lowest BCUT2D eigenvalue weighted by atomic mass is 9.79. The number of likely N-dealkylation sites (tertiary alicyclic amines) is 1. The highest BCUT2D eigenvalue weighted by Gasteiger charge is 2.42. The highest BCUT2D eigenvalue weighted by Crippen LogP contribution is 2.44. The molecule has 1 fully saturated rings. The third kappa shape index (κ3) is 5.22. The number of piperidine rings is 1. The van der Waals surface area contributed by atoms with Gasteiger partial charge in [-0.2, -0.15) is 0 Å². The number of ether oxygens (including phenoxy) is 2. The van der Waals surface area contributed by atoms with Crippen LogP contribution in [-0.2, 0) is 19.1 Å². The summed E-state index contributed by atoms with van der Waals surface area (Å²) < 4.78 is 10.6. The van der Waals surface area contributed by atoms with Crippen molar-refractivity contribution < 1.29 is 29.0 Å². The van der Waals surface area contributed by atoms with E-state index >= 15 is 0 Å². The number of aliphatic carboxylic acids is 1.